The van der Waals surface area contributed by atoms with E-state index in [1.165, 1.54) is 0 Å². The summed E-state index contributed by atoms with van der Waals surface area (Å²) in [6.07, 6.45) is 1.42. The van der Waals surface area contributed by atoms with Crippen molar-refractivity contribution in [3.05, 3.63) is 0 Å². The van der Waals surface area contributed by atoms with E-state index in [0.717, 1.165) is 52.2 Å². The maximum atomic E-state index is 12.2. The van der Waals surface area contributed by atoms with Crippen molar-refractivity contribution in [3.8, 4) is 0 Å². The molecule has 0 aromatic heterocycles. The van der Waals surface area contributed by atoms with Crippen molar-refractivity contribution in [2.24, 2.45) is 5.92 Å². The van der Waals surface area contributed by atoms with Crippen LogP contribution < -0.4 is 0 Å². The van der Waals surface area contributed by atoms with Gasteiger partial charge in [0.25, 0.3) is 0 Å². The number of aliphatic hydroxyl groups excluding tert-OH is 1. The molecule has 1 amide bonds. The number of carbonyl (C=O) groups excluding carboxylic acids is 1. The molecule has 5 nitrogen and oxygen atoms in total. The van der Waals surface area contributed by atoms with Gasteiger partial charge in [0.15, 0.2) is 0 Å². The van der Waals surface area contributed by atoms with Crippen molar-refractivity contribution < 1.29 is 14.6 Å². The summed E-state index contributed by atoms with van der Waals surface area (Å²) in [6, 6.07) is 0. The Hall–Kier alpha value is -0.650. The Bertz CT molecular complexity index is 271. The Kier molecular flexibility index (Phi) is 4.97. The summed E-state index contributed by atoms with van der Waals surface area (Å²) in [7, 11) is 0. The van der Waals surface area contributed by atoms with Gasteiger partial charge in [0.2, 0.25) is 5.91 Å². The highest BCUT2D eigenvalue weighted by Gasteiger charge is 2.30. The lowest BCUT2D eigenvalue weighted by Gasteiger charge is -2.36. The minimum absolute atomic E-state index is 0.0813. The maximum Gasteiger partial charge on any atom is 0.228 e. The molecule has 0 aromatic rings. The first-order valence-corrected chi connectivity index (χ1v) is 6.97. The molecule has 2 aliphatic rings. The molecule has 5 heteroatoms. The van der Waals surface area contributed by atoms with E-state index in [4.69, 9.17) is 4.74 Å². The summed E-state index contributed by atoms with van der Waals surface area (Å²) >= 11 is 0. The lowest BCUT2D eigenvalue weighted by Crippen LogP contribution is -2.51. The minimum atomic E-state index is -0.240. The van der Waals surface area contributed by atoms with Crippen molar-refractivity contribution >= 4 is 5.91 Å². The van der Waals surface area contributed by atoms with Crippen molar-refractivity contribution in [3.63, 3.8) is 0 Å². The molecule has 18 heavy (non-hydrogen) atoms. The predicted octanol–water partition coefficient (Wildman–Crippen LogP) is -0.0620. The van der Waals surface area contributed by atoms with E-state index >= 15 is 0 Å². The van der Waals surface area contributed by atoms with Crippen molar-refractivity contribution in [1.82, 2.24) is 9.80 Å². The molecule has 2 heterocycles. The van der Waals surface area contributed by atoms with Crippen molar-refractivity contribution in [2.45, 2.75) is 25.9 Å². The van der Waals surface area contributed by atoms with Gasteiger partial charge >= 0.3 is 0 Å². The highest BCUT2D eigenvalue weighted by atomic mass is 16.5. The molecule has 1 N–H and O–H groups in total. The third kappa shape index (κ3) is 3.43. The smallest absolute Gasteiger partial charge is 0.228 e. The van der Waals surface area contributed by atoms with Crippen LogP contribution in [0.3, 0.4) is 0 Å². The maximum absolute atomic E-state index is 12.2. The monoisotopic (exact) mass is 256 g/mol. The topological polar surface area (TPSA) is 53.0 Å². The largest absolute Gasteiger partial charge is 0.392 e. The van der Waals surface area contributed by atoms with E-state index in [1.807, 2.05) is 11.8 Å². The number of ether oxygens (including phenoxy) is 1. The number of aliphatic hydroxyl groups is 1. The van der Waals surface area contributed by atoms with Crippen molar-refractivity contribution in [1.29, 1.82) is 0 Å². The van der Waals surface area contributed by atoms with Crippen LogP contribution >= 0.6 is 0 Å². The zero-order valence-electron chi connectivity index (χ0n) is 11.2. The second kappa shape index (κ2) is 6.50. The number of amides is 1. The summed E-state index contributed by atoms with van der Waals surface area (Å²) in [5.74, 6) is 0.334. The molecule has 0 aromatic carbocycles. The van der Waals surface area contributed by atoms with Crippen LogP contribution in [0, 0.1) is 5.92 Å². The molecule has 2 rings (SSSR count). The number of hydrogen-bond donors (Lipinski definition) is 1. The van der Waals surface area contributed by atoms with Gasteiger partial charge in [0, 0.05) is 39.3 Å². The molecule has 0 saturated carbocycles. The highest BCUT2D eigenvalue weighted by molar-refractivity contribution is 5.79. The summed E-state index contributed by atoms with van der Waals surface area (Å²) in [5.41, 5.74) is 0. The van der Waals surface area contributed by atoms with Crippen LogP contribution in [-0.4, -0.2) is 72.9 Å². The lowest BCUT2D eigenvalue weighted by atomic mass is 10.1. The van der Waals surface area contributed by atoms with E-state index in [9.17, 15) is 9.90 Å². The van der Waals surface area contributed by atoms with Gasteiger partial charge in [-0.1, -0.05) is 6.92 Å². The van der Waals surface area contributed by atoms with E-state index in [0.29, 0.717) is 6.61 Å². The second-order valence-corrected chi connectivity index (χ2v) is 5.25. The highest BCUT2D eigenvalue weighted by Crippen LogP contribution is 2.16. The number of hydrogen-bond acceptors (Lipinski definition) is 4. The van der Waals surface area contributed by atoms with Gasteiger partial charge < -0.3 is 14.7 Å². The normalized spacial score (nSPS) is 27.4. The lowest BCUT2D eigenvalue weighted by molar-refractivity contribution is -0.137. The molecule has 0 bridgehead atoms. The standard InChI is InChI=1S/C13H24N2O3/c1-2-12(16)9-14-4-6-15(7-5-14)13(17)11-3-8-18-10-11/h11-12,16H,2-10H2,1H3. The van der Waals surface area contributed by atoms with Crippen LogP contribution in [-0.2, 0) is 9.53 Å². The van der Waals surface area contributed by atoms with Crippen LogP contribution in [0.15, 0.2) is 0 Å². The van der Waals surface area contributed by atoms with Gasteiger partial charge in [0.1, 0.15) is 0 Å². The first-order valence-electron chi connectivity index (χ1n) is 6.97. The second-order valence-electron chi connectivity index (χ2n) is 5.25. The van der Waals surface area contributed by atoms with Crippen LogP contribution in [0.2, 0.25) is 0 Å². The zero-order valence-corrected chi connectivity index (χ0v) is 11.2. The molecule has 0 radical (unpaired) electrons. The van der Waals surface area contributed by atoms with Gasteiger partial charge in [-0.2, -0.15) is 0 Å². The molecular formula is C13H24N2O3. The van der Waals surface area contributed by atoms with Crippen LogP contribution in [0.5, 0.6) is 0 Å². The number of piperazine rings is 1. The molecule has 2 aliphatic heterocycles. The Morgan fingerprint density at radius 1 is 1.39 bits per heavy atom. The summed E-state index contributed by atoms with van der Waals surface area (Å²) in [4.78, 5) is 16.4. The van der Waals surface area contributed by atoms with E-state index < -0.39 is 0 Å². The molecule has 0 aliphatic carbocycles. The minimum Gasteiger partial charge on any atom is -0.392 e. The van der Waals surface area contributed by atoms with Crippen LogP contribution in [0.25, 0.3) is 0 Å². The van der Waals surface area contributed by atoms with Gasteiger partial charge in [-0.3, -0.25) is 9.69 Å². The number of carbonyl (C=O) groups is 1. The molecule has 104 valence electrons. The fourth-order valence-corrected chi connectivity index (χ4v) is 2.57. The van der Waals surface area contributed by atoms with E-state index in [2.05, 4.69) is 4.90 Å². The van der Waals surface area contributed by atoms with Crippen molar-refractivity contribution in [2.75, 3.05) is 45.9 Å². The van der Waals surface area contributed by atoms with Crippen LogP contribution in [0.4, 0.5) is 0 Å². The Morgan fingerprint density at radius 3 is 2.67 bits per heavy atom. The third-order valence-corrected chi connectivity index (χ3v) is 3.90. The fourth-order valence-electron chi connectivity index (χ4n) is 2.57. The average molecular weight is 256 g/mol. The SMILES string of the molecule is CCC(O)CN1CCN(C(=O)C2CCOC2)CC1. The Balaban J connectivity index is 1.74. The van der Waals surface area contributed by atoms with Gasteiger partial charge in [-0.05, 0) is 12.8 Å². The fraction of sp³-hybridized carbons (Fsp3) is 0.923. The number of β-amino-alcohol motifs (C(OH)–C–C–N with tert-alkyl or cyclic N) is 1. The van der Waals surface area contributed by atoms with Gasteiger partial charge in [-0.25, -0.2) is 0 Å². The molecule has 2 fully saturated rings. The predicted molar refractivity (Wildman–Crippen MR) is 68.2 cm³/mol. The summed E-state index contributed by atoms with van der Waals surface area (Å²) in [5, 5.41) is 9.62. The zero-order chi connectivity index (χ0) is 13.0. The van der Waals surface area contributed by atoms with Gasteiger partial charge in [0.05, 0.1) is 18.6 Å². The molecule has 2 saturated heterocycles. The van der Waals surface area contributed by atoms with E-state index in [-0.39, 0.29) is 17.9 Å². The molecule has 2 atom stereocenters. The number of rotatable bonds is 4. The first-order chi connectivity index (χ1) is 8.70. The molecule has 2 unspecified atom stereocenters. The summed E-state index contributed by atoms with van der Waals surface area (Å²) < 4.78 is 5.27. The Labute approximate surface area is 109 Å². The Morgan fingerprint density at radius 2 is 2.11 bits per heavy atom. The third-order valence-electron chi connectivity index (χ3n) is 3.90. The molecule has 0 spiro atoms. The van der Waals surface area contributed by atoms with E-state index in [1.54, 1.807) is 0 Å². The number of nitrogens with zero attached hydrogens (tertiary/aromatic N) is 2. The summed E-state index contributed by atoms with van der Waals surface area (Å²) in [6.45, 7) is 7.34. The van der Waals surface area contributed by atoms with Crippen LogP contribution in [0.1, 0.15) is 19.8 Å². The first kappa shape index (κ1) is 13.8. The quantitative estimate of drug-likeness (QED) is 0.765. The average Bonchev–Trinajstić information content (AvgIpc) is 2.92. The molecular weight excluding hydrogens is 232 g/mol. The van der Waals surface area contributed by atoms with Gasteiger partial charge in [-0.15, -0.1) is 0 Å².